The molecule has 0 aliphatic heterocycles. The summed E-state index contributed by atoms with van der Waals surface area (Å²) >= 11 is 1.72. The van der Waals surface area contributed by atoms with Crippen molar-refractivity contribution in [2.24, 2.45) is 5.92 Å². The molecule has 0 aliphatic carbocycles. The lowest BCUT2D eigenvalue weighted by molar-refractivity contribution is -0.162. The van der Waals surface area contributed by atoms with Crippen molar-refractivity contribution in [3.05, 3.63) is 0 Å². The SMILES string of the molecule is CC(CI)C(F)(F)F. The van der Waals surface area contributed by atoms with E-state index in [9.17, 15) is 13.2 Å². The molecule has 0 aromatic heterocycles. The number of hydrogen-bond acceptors (Lipinski definition) is 0. The van der Waals surface area contributed by atoms with Crippen molar-refractivity contribution < 1.29 is 13.2 Å². The third-order valence-electron chi connectivity index (χ3n) is 0.790. The quantitative estimate of drug-likeness (QED) is 0.486. The van der Waals surface area contributed by atoms with Gasteiger partial charge in [0.2, 0.25) is 0 Å². The fourth-order valence-corrected chi connectivity index (χ4v) is 0.587. The molecule has 1 unspecified atom stereocenters. The second-order valence-electron chi connectivity index (χ2n) is 1.60. The van der Waals surface area contributed by atoms with Crippen LogP contribution in [0.2, 0.25) is 0 Å². The molecule has 0 heterocycles. The van der Waals surface area contributed by atoms with Crippen LogP contribution >= 0.6 is 22.6 Å². The van der Waals surface area contributed by atoms with E-state index in [2.05, 4.69) is 0 Å². The molecule has 0 amide bonds. The van der Waals surface area contributed by atoms with Crippen LogP contribution in [0.15, 0.2) is 0 Å². The van der Waals surface area contributed by atoms with E-state index in [0.717, 1.165) is 0 Å². The molecule has 1 atom stereocenters. The Hall–Kier alpha value is 0.520. The zero-order valence-corrected chi connectivity index (χ0v) is 6.45. The zero-order valence-electron chi connectivity index (χ0n) is 4.30. The largest absolute Gasteiger partial charge is 0.392 e. The van der Waals surface area contributed by atoms with Crippen LogP contribution in [0, 0.1) is 5.92 Å². The fraction of sp³-hybridized carbons (Fsp3) is 1.00. The third kappa shape index (κ3) is 2.74. The van der Waals surface area contributed by atoms with Crippen molar-refractivity contribution in [3.8, 4) is 0 Å². The molecular formula is C4H6F3I. The lowest BCUT2D eigenvalue weighted by Crippen LogP contribution is -2.20. The number of hydrogen-bond donors (Lipinski definition) is 0. The monoisotopic (exact) mass is 238 g/mol. The maximum absolute atomic E-state index is 11.4. The fourth-order valence-electron chi connectivity index (χ4n) is 0.0875. The molecule has 0 saturated heterocycles. The second kappa shape index (κ2) is 2.89. The van der Waals surface area contributed by atoms with Gasteiger partial charge in [0.05, 0.1) is 5.92 Å². The molecule has 0 bridgehead atoms. The van der Waals surface area contributed by atoms with Gasteiger partial charge < -0.3 is 0 Å². The molecule has 0 aliphatic rings. The Balaban J connectivity index is 3.62. The summed E-state index contributed by atoms with van der Waals surface area (Å²) in [6.07, 6.45) is -4.00. The Morgan fingerprint density at radius 1 is 1.50 bits per heavy atom. The molecule has 4 heteroatoms. The first-order chi connectivity index (χ1) is 3.48. The van der Waals surface area contributed by atoms with E-state index in [0.29, 0.717) is 0 Å². The summed E-state index contributed by atoms with van der Waals surface area (Å²) in [7, 11) is 0. The Labute approximate surface area is 59.6 Å². The van der Waals surface area contributed by atoms with Crippen molar-refractivity contribution in [2.45, 2.75) is 13.1 Å². The van der Waals surface area contributed by atoms with Gasteiger partial charge in [-0.15, -0.1) is 0 Å². The van der Waals surface area contributed by atoms with Gasteiger partial charge in [-0.25, -0.2) is 0 Å². The first kappa shape index (κ1) is 8.52. The van der Waals surface area contributed by atoms with Gasteiger partial charge in [-0.3, -0.25) is 0 Å². The Morgan fingerprint density at radius 3 is 1.88 bits per heavy atom. The standard InChI is InChI=1S/C4H6F3I/c1-3(2-8)4(5,6)7/h3H,2H2,1H3. The van der Waals surface area contributed by atoms with Gasteiger partial charge in [0.15, 0.2) is 0 Å². The Kier molecular flexibility index (Phi) is 3.08. The van der Waals surface area contributed by atoms with Crippen molar-refractivity contribution in [2.75, 3.05) is 4.43 Å². The summed E-state index contributed by atoms with van der Waals surface area (Å²) < 4.78 is 34.5. The van der Waals surface area contributed by atoms with Crippen LogP contribution in [-0.4, -0.2) is 10.6 Å². The third-order valence-corrected chi connectivity index (χ3v) is 2.11. The summed E-state index contributed by atoms with van der Waals surface area (Å²) in [4.78, 5) is 0. The highest BCUT2D eigenvalue weighted by Crippen LogP contribution is 2.26. The van der Waals surface area contributed by atoms with Gasteiger partial charge in [0.25, 0.3) is 0 Å². The molecule has 0 fully saturated rings. The van der Waals surface area contributed by atoms with Crippen LogP contribution in [0.3, 0.4) is 0 Å². The molecule has 0 nitrogen and oxygen atoms in total. The average molecular weight is 238 g/mol. The van der Waals surface area contributed by atoms with Crippen LogP contribution in [0.25, 0.3) is 0 Å². The van der Waals surface area contributed by atoms with Crippen LogP contribution in [-0.2, 0) is 0 Å². The summed E-state index contributed by atoms with van der Waals surface area (Å²) in [6, 6.07) is 0. The van der Waals surface area contributed by atoms with E-state index in [1.807, 2.05) is 0 Å². The van der Waals surface area contributed by atoms with Gasteiger partial charge in [-0.2, -0.15) is 13.2 Å². The van der Waals surface area contributed by atoms with Crippen LogP contribution in [0.1, 0.15) is 6.92 Å². The van der Waals surface area contributed by atoms with Crippen LogP contribution < -0.4 is 0 Å². The van der Waals surface area contributed by atoms with Gasteiger partial charge in [0, 0.05) is 4.43 Å². The van der Waals surface area contributed by atoms with E-state index in [4.69, 9.17) is 0 Å². The van der Waals surface area contributed by atoms with Crippen molar-refractivity contribution in [1.29, 1.82) is 0 Å². The van der Waals surface area contributed by atoms with Gasteiger partial charge in [0.1, 0.15) is 0 Å². The Bertz CT molecular complexity index is 68.2. The maximum Gasteiger partial charge on any atom is 0.392 e. The van der Waals surface area contributed by atoms with Crippen molar-refractivity contribution >= 4 is 22.6 Å². The minimum Gasteiger partial charge on any atom is -0.171 e. The first-order valence-electron chi connectivity index (χ1n) is 2.11. The Morgan fingerprint density at radius 2 is 1.88 bits per heavy atom. The van der Waals surface area contributed by atoms with Gasteiger partial charge in [-0.1, -0.05) is 29.5 Å². The lowest BCUT2D eigenvalue weighted by Gasteiger charge is -2.10. The summed E-state index contributed by atoms with van der Waals surface area (Å²) in [5, 5.41) is 0. The smallest absolute Gasteiger partial charge is 0.171 e. The summed E-state index contributed by atoms with van der Waals surface area (Å²) in [5.74, 6) is -1.16. The molecule has 50 valence electrons. The van der Waals surface area contributed by atoms with Crippen LogP contribution in [0.4, 0.5) is 13.2 Å². The first-order valence-corrected chi connectivity index (χ1v) is 3.63. The highest BCUT2D eigenvalue weighted by molar-refractivity contribution is 14.1. The zero-order chi connectivity index (χ0) is 6.78. The molecule has 0 radical (unpaired) electrons. The average Bonchev–Trinajstić information content (AvgIpc) is 1.62. The molecule has 0 N–H and O–H groups in total. The maximum atomic E-state index is 11.4. The van der Waals surface area contributed by atoms with Gasteiger partial charge in [-0.05, 0) is 0 Å². The minimum absolute atomic E-state index is 0.140. The molecule has 0 aromatic rings. The highest BCUT2D eigenvalue weighted by Gasteiger charge is 2.34. The number of rotatable bonds is 1. The molecule has 0 rings (SSSR count). The van der Waals surface area contributed by atoms with E-state index < -0.39 is 12.1 Å². The lowest BCUT2D eigenvalue weighted by atomic mass is 10.2. The molecule has 0 saturated carbocycles. The van der Waals surface area contributed by atoms with E-state index in [1.54, 1.807) is 22.6 Å². The minimum atomic E-state index is -4.00. The topological polar surface area (TPSA) is 0 Å². The summed E-state index contributed by atoms with van der Waals surface area (Å²) in [5.41, 5.74) is 0. The van der Waals surface area contributed by atoms with Gasteiger partial charge >= 0.3 is 6.18 Å². The van der Waals surface area contributed by atoms with E-state index in [1.165, 1.54) is 6.92 Å². The van der Waals surface area contributed by atoms with E-state index in [-0.39, 0.29) is 4.43 Å². The molecule has 0 spiro atoms. The van der Waals surface area contributed by atoms with Crippen LogP contribution in [0.5, 0.6) is 0 Å². The van der Waals surface area contributed by atoms with Crippen molar-refractivity contribution in [1.82, 2.24) is 0 Å². The highest BCUT2D eigenvalue weighted by atomic mass is 127. The normalized spacial score (nSPS) is 16.1. The van der Waals surface area contributed by atoms with E-state index >= 15 is 0 Å². The molecular weight excluding hydrogens is 232 g/mol. The summed E-state index contributed by atoms with van der Waals surface area (Å²) in [6.45, 7) is 1.17. The number of alkyl halides is 4. The predicted octanol–water partition coefficient (Wildman–Crippen LogP) is 2.62. The second-order valence-corrected chi connectivity index (χ2v) is 2.48. The predicted molar refractivity (Wildman–Crippen MR) is 34.1 cm³/mol. The number of halogens is 4. The molecule has 0 aromatic carbocycles. The van der Waals surface area contributed by atoms with Crippen molar-refractivity contribution in [3.63, 3.8) is 0 Å². The molecule has 8 heavy (non-hydrogen) atoms.